The third-order valence-electron chi connectivity index (χ3n) is 0.434. The van der Waals surface area contributed by atoms with Gasteiger partial charge in [-0.3, -0.25) is 0 Å². The van der Waals surface area contributed by atoms with E-state index in [9.17, 15) is 4.79 Å². The quantitative estimate of drug-likeness (QED) is 0.291. The van der Waals surface area contributed by atoms with Crippen molar-refractivity contribution in [1.82, 2.24) is 0 Å². The van der Waals surface area contributed by atoms with E-state index in [1.54, 1.807) is 0 Å². The second kappa shape index (κ2) is 4.40. The summed E-state index contributed by atoms with van der Waals surface area (Å²) in [5.74, 6) is 1.30. The van der Waals surface area contributed by atoms with E-state index in [-0.39, 0.29) is 0 Å². The molecule has 0 amide bonds. The van der Waals surface area contributed by atoms with Crippen molar-refractivity contribution in [3.63, 3.8) is 0 Å². The van der Waals surface area contributed by atoms with Crippen LogP contribution in [0, 0.1) is 0 Å². The van der Waals surface area contributed by atoms with Gasteiger partial charge in [-0.15, -0.1) is 0 Å². The van der Waals surface area contributed by atoms with Gasteiger partial charge in [0.15, 0.2) is 12.2 Å². The molecule has 0 aromatic heterocycles. The van der Waals surface area contributed by atoms with Crippen LogP contribution in [0.2, 0.25) is 0 Å². The van der Waals surface area contributed by atoms with Gasteiger partial charge in [0.25, 0.3) is 0 Å². The fraction of sp³-hybridized carbons (Fsp3) is 0.333. The summed E-state index contributed by atoms with van der Waals surface area (Å²) in [4.78, 5) is 9.35. The van der Waals surface area contributed by atoms with Gasteiger partial charge >= 0.3 is 7.32 Å². The molecular weight excluding hydrogens is 111 g/mol. The average Bonchev–Trinajstić information content (AvgIpc) is 1.83. The van der Waals surface area contributed by atoms with Crippen LogP contribution in [0.5, 0.6) is 0 Å². The molecular formula is C3H5BO4. The maximum atomic E-state index is 9.35. The molecule has 0 radical (unpaired) electrons. The molecule has 0 heterocycles. The van der Waals surface area contributed by atoms with Gasteiger partial charge in [0.05, 0.1) is 0 Å². The molecule has 0 rings (SSSR count). The van der Waals surface area contributed by atoms with Crippen LogP contribution in [0.4, 0.5) is 0 Å². The Balaban J connectivity index is 3.23. The number of carbonyl (C=O) groups excluding carboxylic acids is 1. The predicted molar refractivity (Wildman–Crippen MR) is 26.3 cm³/mol. The predicted octanol–water partition coefficient (Wildman–Crippen LogP) is -1.03. The van der Waals surface area contributed by atoms with E-state index in [2.05, 4.69) is 9.31 Å². The maximum Gasteiger partial charge on any atom is 0.710 e. The fourth-order valence-electron chi connectivity index (χ4n) is 0.142. The zero-order valence-electron chi connectivity index (χ0n) is 4.33. The normalized spacial score (nSPS) is 7.25. The maximum absolute atomic E-state index is 9.35. The molecule has 8 heavy (non-hydrogen) atoms. The standard InChI is InChI=1S/C3H5BO4/c1-7-4(6)8-3-2-5/h3,6H,1H3. The highest BCUT2D eigenvalue weighted by Gasteiger charge is 2.11. The highest BCUT2D eigenvalue weighted by molar-refractivity contribution is 6.34. The van der Waals surface area contributed by atoms with Gasteiger partial charge in [-0.25, -0.2) is 4.79 Å². The van der Waals surface area contributed by atoms with E-state index in [4.69, 9.17) is 5.02 Å². The zero-order chi connectivity index (χ0) is 6.41. The van der Waals surface area contributed by atoms with Crippen LogP contribution in [-0.2, 0) is 14.1 Å². The lowest BCUT2D eigenvalue weighted by molar-refractivity contribution is 0.215. The first-order chi connectivity index (χ1) is 3.81. The van der Waals surface area contributed by atoms with E-state index in [0.29, 0.717) is 6.26 Å². The SMILES string of the molecule is COB(O)OC=C=O. The number of hydrogen-bond donors (Lipinski definition) is 1. The monoisotopic (exact) mass is 116 g/mol. The Morgan fingerprint density at radius 3 is 2.88 bits per heavy atom. The van der Waals surface area contributed by atoms with Crippen molar-refractivity contribution >= 4 is 13.3 Å². The van der Waals surface area contributed by atoms with E-state index in [1.165, 1.54) is 13.1 Å². The Kier molecular flexibility index (Phi) is 3.97. The minimum absolute atomic E-state index is 0.675. The fourth-order valence-corrected chi connectivity index (χ4v) is 0.142. The van der Waals surface area contributed by atoms with Crippen LogP contribution in [-0.4, -0.2) is 25.4 Å². The first-order valence-electron chi connectivity index (χ1n) is 1.87. The third-order valence-corrected chi connectivity index (χ3v) is 0.434. The second-order valence-electron chi connectivity index (χ2n) is 0.915. The molecule has 0 saturated heterocycles. The largest absolute Gasteiger partial charge is 0.710 e. The van der Waals surface area contributed by atoms with Crippen LogP contribution < -0.4 is 0 Å². The lowest BCUT2D eigenvalue weighted by Crippen LogP contribution is -2.17. The molecule has 0 spiro atoms. The molecule has 1 N–H and O–H groups in total. The molecule has 0 atom stereocenters. The number of rotatable bonds is 3. The lowest BCUT2D eigenvalue weighted by Gasteiger charge is -1.96. The minimum atomic E-state index is -1.36. The van der Waals surface area contributed by atoms with Crippen molar-refractivity contribution in [2.75, 3.05) is 7.11 Å². The Bertz CT molecular complexity index is 97.5. The molecule has 0 saturated carbocycles. The lowest BCUT2D eigenvalue weighted by atomic mass is 10.2. The molecule has 0 aliphatic rings. The molecule has 0 bridgehead atoms. The van der Waals surface area contributed by atoms with E-state index in [0.717, 1.165) is 0 Å². The summed E-state index contributed by atoms with van der Waals surface area (Å²) >= 11 is 0. The first-order valence-corrected chi connectivity index (χ1v) is 1.87. The van der Waals surface area contributed by atoms with Gasteiger partial charge in [0.2, 0.25) is 0 Å². The van der Waals surface area contributed by atoms with E-state index < -0.39 is 7.32 Å². The first kappa shape index (κ1) is 7.23. The van der Waals surface area contributed by atoms with Gasteiger partial charge in [0.1, 0.15) is 0 Å². The van der Waals surface area contributed by atoms with Crippen molar-refractivity contribution in [3.8, 4) is 0 Å². The van der Waals surface area contributed by atoms with Gasteiger partial charge in [0, 0.05) is 7.11 Å². The molecule has 0 aromatic carbocycles. The Labute approximate surface area is 46.9 Å². The van der Waals surface area contributed by atoms with Gasteiger partial charge in [-0.05, 0) is 0 Å². The summed E-state index contributed by atoms with van der Waals surface area (Å²) in [7, 11) is -0.125. The van der Waals surface area contributed by atoms with Gasteiger partial charge < -0.3 is 14.3 Å². The molecule has 4 nitrogen and oxygen atoms in total. The van der Waals surface area contributed by atoms with E-state index in [1.807, 2.05) is 0 Å². The molecule has 0 unspecified atom stereocenters. The Morgan fingerprint density at radius 2 is 2.50 bits per heavy atom. The molecule has 44 valence electrons. The molecule has 0 fully saturated rings. The van der Waals surface area contributed by atoms with Crippen LogP contribution in [0.1, 0.15) is 0 Å². The summed E-state index contributed by atoms with van der Waals surface area (Å²) < 4.78 is 8.30. The summed E-state index contributed by atoms with van der Waals surface area (Å²) in [5.41, 5.74) is 0. The second-order valence-corrected chi connectivity index (χ2v) is 0.915. The summed E-state index contributed by atoms with van der Waals surface area (Å²) in [5, 5.41) is 8.33. The van der Waals surface area contributed by atoms with Crippen LogP contribution >= 0.6 is 0 Å². The van der Waals surface area contributed by atoms with Crippen molar-refractivity contribution < 1.29 is 19.1 Å². The topological polar surface area (TPSA) is 55.8 Å². The van der Waals surface area contributed by atoms with Crippen molar-refractivity contribution in [2.24, 2.45) is 0 Å². The smallest absolute Gasteiger partial charge is 0.509 e. The number of hydrogen-bond acceptors (Lipinski definition) is 4. The minimum Gasteiger partial charge on any atom is -0.509 e. The van der Waals surface area contributed by atoms with Crippen LogP contribution in [0.3, 0.4) is 0 Å². The molecule has 0 aliphatic heterocycles. The third kappa shape index (κ3) is 3.43. The Hall–Kier alpha value is -0.765. The molecule has 5 heteroatoms. The van der Waals surface area contributed by atoms with Gasteiger partial charge in [-0.2, -0.15) is 0 Å². The zero-order valence-corrected chi connectivity index (χ0v) is 4.33. The van der Waals surface area contributed by atoms with Crippen LogP contribution in [0.15, 0.2) is 6.26 Å². The van der Waals surface area contributed by atoms with Crippen LogP contribution in [0.25, 0.3) is 0 Å². The summed E-state index contributed by atoms with van der Waals surface area (Å²) in [6, 6.07) is 0. The highest BCUT2D eigenvalue weighted by Crippen LogP contribution is 1.77. The van der Waals surface area contributed by atoms with Crippen molar-refractivity contribution in [3.05, 3.63) is 6.26 Å². The highest BCUT2D eigenvalue weighted by atomic mass is 16.7. The van der Waals surface area contributed by atoms with Crippen molar-refractivity contribution in [2.45, 2.75) is 0 Å². The Morgan fingerprint density at radius 1 is 1.88 bits per heavy atom. The summed E-state index contributed by atoms with van der Waals surface area (Å²) in [6.07, 6.45) is 0.675. The molecule has 0 aromatic rings. The summed E-state index contributed by atoms with van der Waals surface area (Å²) in [6.45, 7) is 0. The van der Waals surface area contributed by atoms with Crippen molar-refractivity contribution in [1.29, 1.82) is 0 Å². The van der Waals surface area contributed by atoms with Gasteiger partial charge in [-0.1, -0.05) is 0 Å². The van der Waals surface area contributed by atoms with E-state index >= 15 is 0 Å². The average molecular weight is 116 g/mol. The molecule has 0 aliphatic carbocycles.